The zero-order chi connectivity index (χ0) is 14.1. The smallest absolute Gasteiger partial charge is 0.0409 e. The molecule has 1 aromatic carbocycles. The van der Waals surface area contributed by atoms with E-state index in [2.05, 4.69) is 37.9 Å². The molecule has 0 radical (unpaired) electrons. The van der Waals surface area contributed by atoms with E-state index in [-0.39, 0.29) is 0 Å². The van der Waals surface area contributed by atoms with Crippen molar-refractivity contribution in [1.29, 1.82) is 0 Å². The molecule has 1 aromatic rings. The second-order valence-corrected chi connectivity index (χ2v) is 5.47. The number of halogens is 1. The number of allylic oxidation sites excluding steroid dienone is 1. The van der Waals surface area contributed by atoms with Crippen molar-refractivity contribution < 1.29 is 0 Å². The second-order valence-electron chi connectivity index (χ2n) is 5.04. The van der Waals surface area contributed by atoms with E-state index in [1.54, 1.807) is 0 Å². The molecule has 0 saturated carbocycles. The summed E-state index contributed by atoms with van der Waals surface area (Å²) in [4.78, 5) is 0. The third-order valence-electron chi connectivity index (χ3n) is 3.47. The average molecular weight is 280 g/mol. The van der Waals surface area contributed by atoms with Gasteiger partial charge in [0, 0.05) is 11.1 Å². The fraction of sp³-hybridized carbons (Fsp3) is 0.529. The van der Waals surface area contributed by atoms with E-state index >= 15 is 0 Å². The fourth-order valence-electron chi connectivity index (χ4n) is 2.41. The molecule has 19 heavy (non-hydrogen) atoms. The molecule has 0 heterocycles. The maximum absolute atomic E-state index is 6.12. The SMILES string of the molecule is C=CCCCCCC(NCC)c1cc(Cl)ccc1C. The minimum absolute atomic E-state index is 0.424. The van der Waals surface area contributed by atoms with Gasteiger partial charge in [-0.05, 0) is 56.0 Å². The minimum Gasteiger partial charge on any atom is -0.310 e. The maximum Gasteiger partial charge on any atom is 0.0409 e. The molecule has 1 rings (SSSR count). The van der Waals surface area contributed by atoms with E-state index in [4.69, 9.17) is 11.6 Å². The van der Waals surface area contributed by atoms with Gasteiger partial charge in [0.1, 0.15) is 0 Å². The molecule has 0 bridgehead atoms. The van der Waals surface area contributed by atoms with Crippen LogP contribution in [-0.4, -0.2) is 6.54 Å². The molecule has 2 heteroatoms. The molecule has 0 saturated heterocycles. The van der Waals surface area contributed by atoms with Crippen LogP contribution >= 0.6 is 11.6 Å². The van der Waals surface area contributed by atoms with Crippen LogP contribution in [0, 0.1) is 6.92 Å². The first-order chi connectivity index (χ1) is 9.19. The van der Waals surface area contributed by atoms with Gasteiger partial charge < -0.3 is 5.32 Å². The Morgan fingerprint density at radius 2 is 2.11 bits per heavy atom. The lowest BCUT2D eigenvalue weighted by molar-refractivity contribution is 0.482. The number of hydrogen-bond donors (Lipinski definition) is 1. The minimum atomic E-state index is 0.424. The van der Waals surface area contributed by atoms with Gasteiger partial charge in [0.05, 0.1) is 0 Å². The second kappa shape index (κ2) is 9.17. The first-order valence-electron chi connectivity index (χ1n) is 7.29. The molecule has 0 amide bonds. The van der Waals surface area contributed by atoms with Gasteiger partial charge in [0.25, 0.3) is 0 Å². The monoisotopic (exact) mass is 279 g/mol. The van der Waals surface area contributed by atoms with Crippen molar-refractivity contribution in [1.82, 2.24) is 5.32 Å². The van der Waals surface area contributed by atoms with E-state index in [0.29, 0.717) is 6.04 Å². The average Bonchev–Trinajstić information content (AvgIpc) is 2.40. The predicted octanol–water partition coefficient (Wildman–Crippen LogP) is 5.44. The van der Waals surface area contributed by atoms with Gasteiger partial charge in [-0.15, -0.1) is 6.58 Å². The van der Waals surface area contributed by atoms with Crippen LogP contribution in [0.25, 0.3) is 0 Å². The highest BCUT2D eigenvalue weighted by Gasteiger charge is 2.12. The number of rotatable bonds is 9. The van der Waals surface area contributed by atoms with Crippen LogP contribution in [0.3, 0.4) is 0 Å². The molecule has 0 aliphatic heterocycles. The van der Waals surface area contributed by atoms with Gasteiger partial charge in [-0.25, -0.2) is 0 Å². The molecule has 1 atom stereocenters. The summed E-state index contributed by atoms with van der Waals surface area (Å²) in [5.74, 6) is 0. The largest absolute Gasteiger partial charge is 0.310 e. The Morgan fingerprint density at radius 3 is 2.79 bits per heavy atom. The van der Waals surface area contributed by atoms with Crippen LogP contribution in [-0.2, 0) is 0 Å². The molecular formula is C17H26ClN. The summed E-state index contributed by atoms with van der Waals surface area (Å²) in [6.45, 7) is 9.07. The van der Waals surface area contributed by atoms with Crippen LogP contribution in [0.15, 0.2) is 30.9 Å². The Morgan fingerprint density at radius 1 is 1.32 bits per heavy atom. The first-order valence-corrected chi connectivity index (χ1v) is 7.67. The summed E-state index contributed by atoms with van der Waals surface area (Å²) in [5, 5.41) is 4.41. The van der Waals surface area contributed by atoms with Gasteiger partial charge in [-0.2, -0.15) is 0 Å². The quantitative estimate of drug-likeness (QED) is 0.469. The van der Waals surface area contributed by atoms with Crippen molar-refractivity contribution in [2.24, 2.45) is 0 Å². The summed E-state index contributed by atoms with van der Waals surface area (Å²) >= 11 is 6.12. The van der Waals surface area contributed by atoms with E-state index in [9.17, 15) is 0 Å². The summed E-state index contributed by atoms with van der Waals surface area (Å²) < 4.78 is 0. The van der Waals surface area contributed by atoms with Crippen LogP contribution in [0.5, 0.6) is 0 Å². The van der Waals surface area contributed by atoms with Crippen molar-refractivity contribution >= 4 is 11.6 Å². The van der Waals surface area contributed by atoms with E-state index in [0.717, 1.165) is 18.0 Å². The maximum atomic E-state index is 6.12. The van der Waals surface area contributed by atoms with Gasteiger partial charge in [-0.1, -0.05) is 43.5 Å². The van der Waals surface area contributed by atoms with E-state index < -0.39 is 0 Å². The Kier molecular flexibility index (Phi) is 7.85. The van der Waals surface area contributed by atoms with Crippen LogP contribution in [0.1, 0.15) is 56.2 Å². The number of benzene rings is 1. The fourth-order valence-corrected chi connectivity index (χ4v) is 2.60. The lowest BCUT2D eigenvalue weighted by Crippen LogP contribution is -2.21. The number of unbranched alkanes of at least 4 members (excludes halogenated alkanes) is 3. The third kappa shape index (κ3) is 5.80. The molecule has 0 fully saturated rings. The molecule has 0 aliphatic rings. The molecule has 0 aromatic heterocycles. The number of hydrogen-bond acceptors (Lipinski definition) is 1. The van der Waals surface area contributed by atoms with Gasteiger partial charge >= 0.3 is 0 Å². The zero-order valence-electron chi connectivity index (χ0n) is 12.2. The molecule has 106 valence electrons. The van der Waals surface area contributed by atoms with Crippen molar-refractivity contribution in [2.45, 2.75) is 52.0 Å². The lowest BCUT2D eigenvalue weighted by Gasteiger charge is -2.20. The Labute approximate surface area is 123 Å². The highest BCUT2D eigenvalue weighted by atomic mass is 35.5. The summed E-state index contributed by atoms with van der Waals surface area (Å²) in [7, 11) is 0. The third-order valence-corrected chi connectivity index (χ3v) is 3.70. The zero-order valence-corrected chi connectivity index (χ0v) is 13.0. The van der Waals surface area contributed by atoms with Crippen molar-refractivity contribution in [3.63, 3.8) is 0 Å². The lowest BCUT2D eigenvalue weighted by atomic mass is 9.96. The summed E-state index contributed by atoms with van der Waals surface area (Å²) in [6.07, 6.45) is 8.07. The van der Waals surface area contributed by atoms with Crippen LogP contribution in [0.4, 0.5) is 0 Å². The predicted molar refractivity (Wildman–Crippen MR) is 85.9 cm³/mol. The Bertz CT molecular complexity index is 387. The molecule has 1 nitrogen and oxygen atoms in total. The highest BCUT2D eigenvalue weighted by Crippen LogP contribution is 2.26. The molecular weight excluding hydrogens is 254 g/mol. The Hall–Kier alpha value is -0.790. The van der Waals surface area contributed by atoms with Crippen LogP contribution < -0.4 is 5.32 Å². The Balaban J connectivity index is 2.60. The van der Waals surface area contributed by atoms with Crippen LogP contribution in [0.2, 0.25) is 5.02 Å². The van der Waals surface area contributed by atoms with Gasteiger partial charge in [0.15, 0.2) is 0 Å². The molecule has 1 N–H and O–H groups in total. The van der Waals surface area contributed by atoms with Crippen molar-refractivity contribution in [3.8, 4) is 0 Å². The van der Waals surface area contributed by atoms with E-state index in [1.165, 1.54) is 36.8 Å². The molecule has 0 aliphatic carbocycles. The standard InChI is InChI=1S/C17H26ClN/c1-4-6-7-8-9-10-17(19-5-2)16-13-15(18)12-11-14(16)3/h4,11-13,17,19H,1,5-10H2,2-3H3. The molecule has 0 spiro atoms. The van der Waals surface area contributed by atoms with Crippen molar-refractivity contribution in [3.05, 3.63) is 47.0 Å². The van der Waals surface area contributed by atoms with Gasteiger partial charge in [0.2, 0.25) is 0 Å². The highest BCUT2D eigenvalue weighted by molar-refractivity contribution is 6.30. The van der Waals surface area contributed by atoms with Gasteiger partial charge in [-0.3, -0.25) is 0 Å². The number of aryl methyl sites for hydroxylation is 1. The normalized spacial score (nSPS) is 12.4. The number of nitrogens with one attached hydrogen (secondary N) is 1. The first kappa shape index (κ1) is 16.3. The van der Waals surface area contributed by atoms with E-state index in [1.807, 2.05) is 12.1 Å². The summed E-state index contributed by atoms with van der Waals surface area (Å²) in [5.41, 5.74) is 2.67. The summed E-state index contributed by atoms with van der Waals surface area (Å²) in [6, 6.07) is 6.61. The van der Waals surface area contributed by atoms with Crippen molar-refractivity contribution in [2.75, 3.05) is 6.54 Å². The topological polar surface area (TPSA) is 12.0 Å². The molecule has 1 unspecified atom stereocenters.